The minimum Gasteiger partial charge on any atom is -0.494 e. The molecule has 0 fully saturated rings. The molecule has 0 saturated heterocycles. The van der Waals surface area contributed by atoms with Gasteiger partial charge in [-0.15, -0.1) is 11.3 Å². The van der Waals surface area contributed by atoms with Crippen LogP contribution in [0.3, 0.4) is 0 Å². The van der Waals surface area contributed by atoms with Gasteiger partial charge in [-0.3, -0.25) is 4.79 Å². The molecule has 0 radical (unpaired) electrons. The Hall–Kier alpha value is -3.66. The van der Waals surface area contributed by atoms with Crippen LogP contribution >= 0.6 is 11.3 Å². The third kappa shape index (κ3) is 5.06. The first-order chi connectivity index (χ1) is 15.7. The van der Waals surface area contributed by atoms with Crippen molar-refractivity contribution in [2.75, 3.05) is 6.61 Å². The van der Waals surface area contributed by atoms with Crippen LogP contribution in [0.25, 0.3) is 27.6 Å². The van der Waals surface area contributed by atoms with E-state index in [1.54, 1.807) is 53.9 Å². The summed E-state index contributed by atoms with van der Waals surface area (Å²) in [4.78, 5) is 15.7. The number of halogens is 3. The molecular formula is C23H18F3N3O3S. The molecule has 0 aliphatic rings. The number of hydrogen-bond acceptors (Lipinski definition) is 6. The lowest BCUT2D eigenvalue weighted by Crippen LogP contribution is -2.07. The molecule has 170 valence electrons. The maximum Gasteiger partial charge on any atom is 0.435 e. The van der Waals surface area contributed by atoms with Gasteiger partial charge in [0, 0.05) is 23.4 Å². The zero-order chi connectivity index (χ0) is 23.6. The Morgan fingerprint density at radius 1 is 1.06 bits per heavy atom. The molecule has 4 aromatic rings. The molecule has 33 heavy (non-hydrogen) atoms. The summed E-state index contributed by atoms with van der Waals surface area (Å²) >= 11 is 1.15. The highest BCUT2D eigenvalue weighted by Gasteiger charge is 2.35. The summed E-state index contributed by atoms with van der Waals surface area (Å²) in [5.74, 6) is 0.512. The molecule has 2 heterocycles. The van der Waals surface area contributed by atoms with E-state index in [0.717, 1.165) is 17.4 Å². The van der Waals surface area contributed by atoms with Crippen LogP contribution in [-0.2, 0) is 11.0 Å². The molecule has 4 rings (SSSR count). The van der Waals surface area contributed by atoms with Crippen LogP contribution in [0, 0.1) is 0 Å². The van der Waals surface area contributed by atoms with Crippen LogP contribution in [0.2, 0.25) is 0 Å². The largest absolute Gasteiger partial charge is 0.494 e. The van der Waals surface area contributed by atoms with Crippen molar-refractivity contribution >= 4 is 17.3 Å². The Morgan fingerprint density at radius 2 is 1.82 bits per heavy atom. The lowest BCUT2D eigenvalue weighted by molar-refractivity contribution is -0.141. The summed E-state index contributed by atoms with van der Waals surface area (Å²) in [5.41, 5.74) is 0.947. The smallest absolute Gasteiger partial charge is 0.435 e. The second-order valence-electron chi connectivity index (χ2n) is 6.92. The summed E-state index contributed by atoms with van der Waals surface area (Å²) in [6.45, 7) is 3.63. The Labute approximate surface area is 191 Å². The summed E-state index contributed by atoms with van der Waals surface area (Å²) in [6.07, 6.45) is -4.61. The number of hydrogen-bond donors (Lipinski definition) is 0. The summed E-state index contributed by atoms with van der Waals surface area (Å²) < 4.78 is 52.0. The number of esters is 1. The number of alkyl halides is 3. The quantitative estimate of drug-likeness (QED) is 0.254. The third-order valence-electron chi connectivity index (χ3n) is 4.53. The maximum atomic E-state index is 13.4. The van der Waals surface area contributed by atoms with Gasteiger partial charge in [0.25, 0.3) is 0 Å². The summed E-state index contributed by atoms with van der Waals surface area (Å²) in [5, 5.41) is 5.76. The van der Waals surface area contributed by atoms with E-state index >= 15 is 0 Å². The normalized spacial score (nSPS) is 11.4. The van der Waals surface area contributed by atoms with Gasteiger partial charge in [0.15, 0.2) is 5.69 Å². The zero-order valence-corrected chi connectivity index (χ0v) is 18.4. The average molecular weight is 473 g/mol. The first kappa shape index (κ1) is 22.5. The van der Waals surface area contributed by atoms with Crippen molar-refractivity contribution in [1.82, 2.24) is 14.8 Å². The van der Waals surface area contributed by atoms with Gasteiger partial charge < -0.3 is 9.47 Å². The number of aromatic nitrogens is 3. The predicted molar refractivity (Wildman–Crippen MR) is 118 cm³/mol. The summed E-state index contributed by atoms with van der Waals surface area (Å²) in [6, 6.07) is 14.5. The van der Waals surface area contributed by atoms with Crippen molar-refractivity contribution in [2.24, 2.45) is 0 Å². The van der Waals surface area contributed by atoms with E-state index in [1.165, 1.54) is 11.6 Å². The summed E-state index contributed by atoms with van der Waals surface area (Å²) in [7, 11) is 0. The van der Waals surface area contributed by atoms with Crippen LogP contribution in [0.5, 0.6) is 11.5 Å². The molecule has 0 amide bonds. The predicted octanol–water partition coefficient (Wildman–Crippen LogP) is 6.01. The van der Waals surface area contributed by atoms with Crippen LogP contribution in [-0.4, -0.2) is 27.3 Å². The van der Waals surface area contributed by atoms with Crippen LogP contribution < -0.4 is 9.47 Å². The van der Waals surface area contributed by atoms with E-state index in [-0.39, 0.29) is 10.8 Å². The zero-order valence-electron chi connectivity index (χ0n) is 17.6. The second-order valence-corrected chi connectivity index (χ2v) is 7.76. The fourth-order valence-electron chi connectivity index (χ4n) is 3.14. The molecule has 0 bridgehead atoms. The first-order valence-electron chi connectivity index (χ1n) is 9.90. The Balaban J connectivity index is 1.74. The van der Waals surface area contributed by atoms with E-state index in [0.29, 0.717) is 34.9 Å². The molecule has 0 aliphatic carbocycles. The highest BCUT2D eigenvalue weighted by Crippen LogP contribution is 2.35. The van der Waals surface area contributed by atoms with E-state index in [1.807, 2.05) is 6.92 Å². The Kier molecular flexibility index (Phi) is 6.19. The van der Waals surface area contributed by atoms with Crippen molar-refractivity contribution in [3.05, 3.63) is 65.7 Å². The topological polar surface area (TPSA) is 66.2 Å². The van der Waals surface area contributed by atoms with Crippen molar-refractivity contribution in [3.63, 3.8) is 0 Å². The van der Waals surface area contributed by atoms with Crippen molar-refractivity contribution in [3.8, 4) is 39.1 Å². The number of benzene rings is 2. The van der Waals surface area contributed by atoms with Gasteiger partial charge in [-0.25, -0.2) is 9.67 Å². The second kappa shape index (κ2) is 9.07. The average Bonchev–Trinajstić information content (AvgIpc) is 3.42. The van der Waals surface area contributed by atoms with Gasteiger partial charge in [-0.2, -0.15) is 18.3 Å². The number of nitrogens with zero attached hydrogens (tertiary/aromatic N) is 3. The van der Waals surface area contributed by atoms with Gasteiger partial charge in [-0.05, 0) is 49.4 Å². The molecule has 0 saturated carbocycles. The van der Waals surface area contributed by atoms with E-state index in [4.69, 9.17) is 9.47 Å². The molecule has 2 aromatic carbocycles. The Morgan fingerprint density at radius 3 is 2.48 bits per heavy atom. The number of carbonyl (C=O) groups is 1. The first-order valence-corrected chi connectivity index (χ1v) is 10.8. The van der Waals surface area contributed by atoms with Gasteiger partial charge in [-0.1, -0.05) is 12.1 Å². The lowest BCUT2D eigenvalue weighted by atomic mass is 10.1. The van der Waals surface area contributed by atoms with Crippen molar-refractivity contribution in [2.45, 2.75) is 20.0 Å². The Bertz CT molecular complexity index is 1280. The van der Waals surface area contributed by atoms with Crippen LogP contribution in [0.15, 0.2) is 60.0 Å². The fraction of sp³-hybridized carbons (Fsp3) is 0.174. The number of carbonyl (C=O) groups excluding carboxylic acids is 1. The fourth-order valence-corrected chi connectivity index (χ4v) is 3.93. The number of rotatable bonds is 6. The molecule has 0 N–H and O–H groups in total. The van der Waals surface area contributed by atoms with Crippen LogP contribution in [0.4, 0.5) is 13.2 Å². The van der Waals surface area contributed by atoms with Crippen molar-refractivity contribution in [1.29, 1.82) is 0 Å². The number of thiazole rings is 1. The lowest BCUT2D eigenvalue weighted by Gasteiger charge is -2.06. The third-order valence-corrected chi connectivity index (χ3v) is 5.34. The molecule has 0 atom stereocenters. The van der Waals surface area contributed by atoms with E-state index in [2.05, 4.69) is 10.1 Å². The molecule has 0 aliphatic heterocycles. The SMILES string of the molecule is CCOc1ccc(-c2cc(C(F)(F)F)nn2-c2nc(-c3cccc(OC(C)=O)c3)cs2)cc1. The molecule has 10 heteroatoms. The van der Waals surface area contributed by atoms with E-state index in [9.17, 15) is 18.0 Å². The number of ether oxygens (including phenoxy) is 2. The molecule has 0 unspecified atom stereocenters. The minimum atomic E-state index is -4.61. The monoisotopic (exact) mass is 473 g/mol. The highest BCUT2D eigenvalue weighted by molar-refractivity contribution is 7.12. The van der Waals surface area contributed by atoms with Gasteiger partial charge in [0.1, 0.15) is 11.5 Å². The highest BCUT2D eigenvalue weighted by atomic mass is 32.1. The van der Waals surface area contributed by atoms with Crippen LogP contribution in [0.1, 0.15) is 19.5 Å². The molecular weight excluding hydrogens is 455 g/mol. The molecule has 6 nitrogen and oxygen atoms in total. The van der Waals surface area contributed by atoms with Gasteiger partial charge in [0.2, 0.25) is 5.13 Å². The molecule has 2 aromatic heterocycles. The molecule has 0 spiro atoms. The van der Waals surface area contributed by atoms with Gasteiger partial charge >= 0.3 is 12.1 Å². The van der Waals surface area contributed by atoms with E-state index < -0.39 is 17.8 Å². The van der Waals surface area contributed by atoms with Crippen molar-refractivity contribution < 1.29 is 27.4 Å². The standard InChI is InChI=1S/C23H18F3N3O3S/c1-3-31-17-9-7-15(8-10-17)20-12-21(23(24,25)26)28-29(20)22-27-19(13-33-22)16-5-4-6-18(11-16)32-14(2)30/h4-13H,3H2,1-2H3. The van der Waals surface area contributed by atoms with Gasteiger partial charge in [0.05, 0.1) is 18.0 Å². The maximum absolute atomic E-state index is 13.4. The minimum absolute atomic E-state index is 0.250.